The molecule has 0 radical (unpaired) electrons. The third-order valence-electron chi connectivity index (χ3n) is 6.69. The highest BCUT2D eigenvalue weighted by atomic mass is 35.5. The highest BCUT2D eigenvalue weighted by Crippen LogP contribution is 2.29. The number of hydrogen-bond donors (Lipinski definition) is 1. The average Bonchev–Trinajstić information content (AvgIpc) is 2.93. The minimum Gasteiger partial charge on any atom is -0.352 e. The SMILES string of the molecule is CC[C@H](C)NC(=O)[C@H](CC)N(Cc1ccc(F)cc1)C(=O)CN(c1ccc(Cl)cc1C)S(=O)(=O)c1ccccc1. The standard InChI is InChI=1S/C30H35ClFN3O4S/c1-5-22(4)33-30(37)27(6-2)34(19-23-12-15-25(32)16-13-23)29(36)20-35(28-17-14-24(31)18-21(28)3)40(38,39)26-10-8-7-9-11-26/h7-18,22,27H,5-6,19-20H2,1-4H3,(H,33,37)/t22-,27-/m0/s1. The van der Waals surface area contributed by atoms with Crippen LogP contribution in [-0.2, 0) is 26.2 Å². The van der Waals surface area contributed by atoms with Crippen molar-refractivity contribution in [1.29, 1.82) is 0 Å². The maximum absolute atomic E-state index is 14.1. The molecule has 0 aliphatic heterocycles. The van der Waals surface area contributed by atoms with Crippen molar-refractivity contribution in [2.24, 2.45) is 0 Å². The zero-order valence-electron chi connectivity index (χ0n) is 23.1. The molecule has 0 saturated heterocycles. The molecule has 0 aliphatic carbocycles. The van der Waals surface area contributed by atoms with Gasteiger partial charge in [0.1, 0.15) is 18.4 Å². The second-order valence-corrected chi connectivity index (χ2v) is 11.9. The van der Waals surface area contributed by atoms with Crippen LogP contribution in [0.3, 0.4) is 0 Å². The van der Waals surface area contributed by atoms with Crippen LogP contribution in [0.4, 0.5) is 10.1 Å². The molecule has 214 valence electrons. The number of nitrogens with zero attached hydrogens (tertiary/aromatic N) is 2. The largest absolute Gasteiger partial charge is 0.352 e. The van der Waals surface area contributed by atoms with E-state index in [2.05, 4.69) is 5.32 Å². The minimum absolute atomic E-state index is 0.00955. The molecule has 2 atom stereocenters. The Bertz CT molecular complexity index is 1420. The molecule has 3 aromatic rings. The van der Waals surface area contributed by atoms with Crippen LogP contribution in [0.2, 0.25) is 5.02 Å². The van der Waals surface area contributed by atoms with Crippen molar-refractivity contribution in [3.05, 3.63) is 94.8 Å². The molecule has 7 nitrogen and oxygen atoms in total. The molecule has 1 N–H and O–H groups in total. The van der Waals surface area contributed by atoms with E-state index in [4.69, 9.17) is 11.6 Å². The van der Waals surface area contributed by atoms with Gasteiger partial charge in [0.2, 0.25) is 11.8 Å². The van der Waals surface area contributed by atoms with E-state index in [1.807, 2.05) is 13.8 Å². The van der Waals surface area contributed by atoms with E-state index in [1.165, 1.54) is 41.3 Å². The van der Waals surface area contributed by atoms with Crippen molar-refractivity contribution in [3.8, 4) is 0 Å². The van der Waals surface area contributed by atoms with Crippen LogP contribution >= 0.6 is 11.6 Å². The molecule has 0 saturated carbocycles. The van der Waals surface area contributed by atoms with E-state index in [1.54, 1.807) is 50.2 Å². The number of carbonyl (C=O) groups excluding carboxylic acids is 2. The molecule has 2 amide bonds. The number of benzene rings is 3. The first-order chi connectivity index (χ1) is 19.0. The molecule has 3 rings (SSSR count). The molecule has 40 heavy (non-hydrogen) atoms. The maximum Gasteiger partial charge on any atom is 0.264 e. The van der Waals surface area contributed by atoms with Crippen LogP contribution in [0, 0.1) is 12.7 Å². The van der Waals surface area contributed by atoms with Gasteiger partial charge in [-0.15, -0.1) is 0 Å². The lowest BCUT2D eigenvalue weighted by molar-refractivity contribution is -0.140. The number of aryl methyl sites for hydroxylation is 1. The maximum atomic E-state index is 14.1. The summed E-state index contributed by atoms with van der Waals surface area (Å²) in [5.74, 6) is -1.35. The molecule has 3 aromatic carbocycles. The molecule has 0 heterocycles. The van der Waals surface area contributed by atoms with Gasteiger partial charge in [0, 0.05) is 17.6 Å². The van der Waals surface area contributed by atoms with Crippen LogP contribution in [-0.4, -0.2) is 43.8 Å². The lowest BCUT2D eigenvalue weighted by Crippen LogP contribution is -2.53. The van der Waals surface area contributed by atoms with E-state index in [0.717, 1.165) is 4.31 Å². The quantitative estimate of drug-likeness (QED) is 0.294. The topological polar surface area (TPSA) is 86.8 Å². The third kappa shape index (κ3) is 7.61. The van der Waals surface area contributed by atoms with E-state index in [0.29, 0.717) is 34.7 Å². The Morgan fingerprint density at radius 2 is 1.62 bits per heavy atom. The monoisotopic (exact) mass is 587 g/mol. The molecule has 0 unspecified atom stereocenters. The number of amides is 2. The van der Waals surface area contributed by atoms with Crippen molar-refractivity contribution >= 4 is 39.1 Å². The lowest BCUT2D eigenvalue weighted by atomic mass is 10.1. The van der Waals surface area contributed by atoms with Gasteiger partial charge in [-0.3, -0.25) is 13.9 Å². The highest BCUT2D eigenvalue weighted by molar-refractivity contribution is 7.92. The van der Waals surface area contributed by atoms with Gasteiger partial charge in [-0.25, -0.2) is 12.8 Å². The molecule has 0 spiro atoms. The van der Waals surface area contributed by atoms with Crippen LogP contribution < -0.4 is 9.62 Å². The smallest absolute Gasteiger partial charge is 0.264 e. The van der Waals surface area contributed by atoms with Gasteiger partial charge < -0.3 is 10.2 Å². The first kappa shape index (κ1) is 31.1. The summed E-state index contributed by atoms with van der Waals surface area (Å²) in [6.45, 7) is 6.73. The van der Waals surface area contributed by atoms with Gasteiger partial charge in [-0.1, -0.05) is 55.8 Å². The first-order valence-corrected chi connectivity index (χ1v) is 15.0. The van der Waals surface area contributed by atoms with Crippen molar-refractivity contribution in [2.75, 3.05) is 10.8 Å². The summed E-state index contributed by atoms with van der Waals surface area (Å²) in [6, 6.07) is 17.2. The fraction of sp³-hybridized carbons (Fsp3) is 0.333. The zero-order valence-corrected chi connectivity index (χ0v) is 24.7. The molecule has 0 aliphatic rings. The average molecular weight is 588 g/mol. The van der Waals surface area contributed by atoms with E-state index >= 15 is 0 Å². The Balaban J connectivity index is 2.07. The van der Waals surface area contributed by atoms with E-state index in [9.17, 15) is 22.4 Å². The Labute approximate surface area is 241 Å². The van der Waals surface area contributed by atoms with Crippen molar-refractivity contribution in [3.63, 3.8) is 0 Å². The number of anilines is 1. The van der Waals surface area contributed by atoms with Crippen LogP contribution in [0.25, 0.3) is 0 Å². The van der Waals surface area contributed by atoms with Gasteiger partial charge >= 0.3 is 0 Å². The summed E-state index contributed by atoms with van der Waals surface area (Å²) in [6.07, 6.45) is 0.994. The van der Waals surface area contributed by atoms with E-state index in [-0.39, 0.29) is 23.4 Å². The van der Waals surface area contributed by atoms with Gasteiger partial charge in [0.05, 0.1) is 10.6 Å². The number of hydrogen-bond acceptors (Lipinski definition) is 4. The molecule has 10 heteroatoms. The summed E-state index contributed by atoms with van der Waals surface area (Å²) < 4.78 is 42.4. The molecular weight excluding hydrogens is 553 g/mol. The van der Waals surface area contributed by atoms with Crippen LogP contribution in [0.15, 0.2) is 77.7 Å². The van der Waals surface area contributed by atoms with Gasteiger partial charge in [0.15, 0.2) is 0 Å². The first-order valence-electron chi connectivity index (χ1n) is 13.2. The zero-order chi connectivity index (χ0) is 29.4. The lowest BCUT2D eigenvalue weighted by Gasteiger charge is -2.34. The number of halogens is 2. The van der Waals surface area contributed by atoms with Gasteiger partial charge in [-0.05, 0) is 80.3 Å². The summed E-state index contributed by atoms with van der Waals surface area (Å²) >= 11 is 6.14. The summed E-state index contributed by atoms with van der Waals surface area (Å²) in [5.41, 5.74) is 1.46. The molecule has 0 aromatic heterocycles. The fourth-order valence-corrected chi connectivity index (χ4v) is 6.01. The van der Waals surface area contributed by atoms with Crippen molar-refractivity contribution in [1.82, 2.24) is 10.2 Å². The summed E-state index contributed by atoms with van der Waals surface area (Å²) in [5, 5.41) is 3.35. The summed E-state index contributed by atoms with van der Waals surface area (Å²) in [4.78, 5) is 28.7. The minimum atomic E-state index is -4.18. The second kappa shape index (κ2) is 13.8. The predicted octanol–water partition coefficient (Wildman–Crippen LogP) is 5.70. The second-order valence-electron chi connectivity index (χ2n) is 9.65. The Morgan fingerprint density at radius 1 is 0.975 bits per heavy atom. The predicted molar refractivity (Wildman–Crippen MR) is 156 cm³/mol. The summed E-state index contributed by atoms with van der Waals surface area (Å²) in [7, 11) is -4.18. The Kier molecular flexibility index (Phi) is 10.7. The third-order valence-corrected chi connectivity index (χ3v) is 8.70. The highest BCUT2D eigenvalue weighted by Gasteiger charge is 2.34. The number of sulfonamides is 1. The fourth-order valence-electron chi connectivity index (χ4n) is 4.28. The Morgan fingerprint density at radius 3 is 2.20 bits per heavy atom. The molecular formula is C30H35ClFN3O4S. The number of rotatable bonds is 12. The Hall–Kier alpha value is -3.43. The van der Waals surface area contributed by atoms with Crippen molar-refractivity contribution in [2.45, 2.75) is 64.1 Å². The molecule has 0 bridgehead atoms. The normalized spacial score (nSPS) is 12.8. The van der Waals surface area contributed by atoms with E-state index < -0.39 is 34.3 Å². The van der Waals surface area contributed by atoms with Crippen LogP contribution in [0.1, 0.15) is 44.7 Å². The van der Waals surface area contributed by atoms with Gasteiger partial charge in [-0.2, -0.15) is 0 Å². The number of carbonyl (C=O) groups is 2. The number of nitrogens with one attached hydrogen (secondary N) is 1. The molecule has 0 fully saturated rings. The van der Waals surface area contributed by atoms with Crippen LogP contribution in [0.5, 0.6) is 0 Å². The van der Waals surface area contributed by atoms with Gasteiger partial charge in [0.25, 0.3) is 10.0 Å². The van der Waals surface area contributed by atoms with Crippen molar-refractivity contribution < 1.29 is 22.4 Å².